The van der Waals surface area contributed by atoms with Gasteiger partial charge in [0.15, 0.2) is 0 Å². The van der Waals surface area contributed by atoms with E-state index in [0.717, 1.165) is 29.3 Å². The smallest absolute Gasteiger partial charge is 0.259 e. The highest BCUT2D eigenvalue weighted by atomic mass is 16.2. The van der Waals surface area contributed by atoms with E-state index in [-0.39, 0.29) is 23.8 Å². The quantitative estimate of drug-likeness (QED) is 0.674. The summed E-state index contributed by atoms with van der Waals surface area (Å²) in [7, 11) is 0. The minimum atomic E-state index is -0.714. The van der Waals surface area contributed by atoms with Gasteiger partial charge in [0.05, 0.1) is 23.8 Å². The van der Waals surface area contributed by atoms with E-state index in [1.807, 2.05) is 23.0 Å². The Kier molecular flexibility index (Phi) is 3.08. The summed E-state index contributed by atoms with van der Waals surface area (Å²) >= 11 is 0. The van der Waals surface area contributed by atoms with Gasteiger partial charge in [-0.3, -0.25) is 29.6 Å². The summed E-state index contributed by atoms with van der Waals surface area (Å²) in [5.41, 5.74) is 1.69. The van der Waals surface area contributed by atoms with Crippen molar-refractivity contribution in [2.24, 2.45) is 0 Å². The summed E-state index contributed by atoms with van der Waals surface area (Å²) in [5, 5.41) is 12.1. The average Bonchev–Trinajstić information content (AvgIpc) is 3.21. The molecule has 0 radical (unpaired) electrons. The van der Waals surface area contributed by atoms with E-state index < -0.39 is 11.9 Å². The number of hydrogen-bond acceptors (Lipinski definition) is 6. The predicted molar refractivity (Wildman–Crippen MR) is 101 cm³/mol. The minimum Gasteiger partial charge on any atom is -0.295 e. The van der Waals surface area contributed by atoms with Crippen molar-refractivity contribution in [1.82, 2.24) is 25.3 Å². The van der Waals surface area contributed by atoms with Crippen molar-refractivity contribution in [3.63, 3.8) is 0 Å². The second kappa shape index (κ2) is 5.47. The third-order valence-corrected chi connectivity index (χ3v) is 6.15. The van der Waals surface area contributed by atoms with Crippen LogP contribution >= 0.6 is 0 Å². The third kappa shape index (κ3) is 2.09. The number of benzene rings is 1. The zero-order valence-electron chi connectivity index (χ0n) is 15.3. The number of aromatic nitrogens is 4. The molecule has 6 rings (SSSR count). The lowest BCUT2D eigenvalue weighted by Crippen LogP contribution is -2.53. The van der Waals surface area contributed by atoms with Gasteiger partial charge in [-0.25, -0.2) is 4.68 Å². The Balaban J connectivity index is 1.52. The van der Waals surface area contributed by atoms with Crippen molar-refractivity contribution in [3.05, 3.63) is 48.0 Å². The first-order chi connectivity index (χ1) is 14.1. The molecule has 144 valence electrons. The van der Waals surface area contributed by atoms with E-state index in [1.165, 1.54) is 4.90 Å². The van der Waals surface area contributed by atoms with Crippen LogP contribution in [-0.4, -0.2) is 43.7 Å². The lowest BCUT2D eigenvalue weighted by atomic mass is 10.00. The minimum absolute atomic E-state index is 0.209. The number of nitrogens with zero attached hydrogens (tertiary/aromatic N) is 5. The van der Waals surface area contributed by atoms with Gasteiger partial charge in [0.25, 0.3) is 5.91 Å². The van der Waals surface area contributed by atoms with E-state index in [9.17, 15) is 14.4 Å². The number of hydrogen-bond donors (Lipinski definition) is 1. The van der Waals surface area contributed by atoms with Gasteiger partial charge in [0.1, 0.15) is 11.6 Å². The SMILES string of the molecule is O=C1CCC(N2C(=O)c3cccc4c(C5(n6ccnn6)CC5)ncc2c34)C(=O)N1. The van der Waals surface area contributed by atoms with E-state index in [0.29, 0.717) is 17.7 Å². The fourth-order valence-electron chi connectivity index (χ4n) is 4.62. The van der Waals surface area contributed by atoms with Crippen LogP contribution in [-0.2, 0) is 15.1 Å². The number of imide groups is 1. The average molecular weight is 388 g/mol. The number of nitrogens with one attached hydrogen (secondary N) is 1. The summed E-state index contributed by atoms with van der Waals surface area (Å²) in [6, 6.07) is 4.87. The summed E-state index contributed by atoms with van der Waals surface area (Å²) in [6.07, 6.45) is 7.46. The summed E-state index contributed by atoms with van der Waals surface area (Å²) < 4.78 is 1.83. The van der Waals surface area contributed by atoms with Gasteiger partial charge in [-0.05, 0) is 25.3 Å². The van der Waals surface area contributed by atoms with Crippen LogP contribution in [0.25, 0.3) is 10.8 Å². The molecule has 1 N–H and O–H groups in total. The Morgan fingerprint density at radius 1 is 1.17 bits per heavy atom. The molecule has 9 heteroatoms. The predicted octanol–water partition coefficient (Wildman–Crippen LogP) is 1.13. The van der Waals surface area contributed by atoms with Gasteiger partial charge in [-0.1, -0.05) is 17.3 Å². The standard InChI is InChI=1S/C20H16N6O3/c27-15-5-4-13(18(28)23-15)26-14-10-21-17(20(6-7-20)25-9-8-22-24-25)11-2-1-3-12(16(11)14)19(26)29/h1-3,8-10,13H,4-7H2,(H,23,27,28). The van der Waals surface area contributed by atoms with Crippen molar-refractivity contribution < 1.29 is 14.4 Å². The highest BCUT2D eigenvalue weighted by molar-refractivity contribution is 6.27. The Morgan fingerprint density at radius 3 is 2.76 bits per heavy atom. The first kappa shape index (κ1) is 16.3. The molecule has 2 aromatic heterocycles. The van der Waals surface area contributed by atoms with Crippen molar-refractivity contribution >= 4 is 34.2 Å². The van der Waals surface area contributed by atoms with Gasteiger partial charge >= 0.3 is 0 Å². The van der Waals surface area contributed by atoms with Crippen molar-refractivity contribution in [2.45, 2.75) is 37.3 Å². The van der Waals surface area contributed by atoms with E-state index in [2.05, 4.69) is 15.6 Å². The number of rotatable bonds is 3. The van der Waals surface area contributed by atoms with Gasteiger partial charge < -0.3 is 0 Å². The molecule has 1 aliphatic carbocycles. The Labute approximate surface area is 164 Å². The maximum atomic E-state index is 13.2. The van der Waals surface area contributed by atoms with E-state index >= 15 is 0 Å². The molecule has 3 aromatic rings. The normalized spacial score (nSPS) is 22.3. The Morgan fingerprint density at radius 2 is 2.03 bits per heavy atom. The zero-order chi connectivity index (χ0) is 19.8. The van der Waals surface area contributed by atoms with Gasteiger partial charge in [0, 0.05) is 29.0 Å². The lowest BCUT2D eigenvalue weighted by Gasteiger charge is -2.30. The van der Waals surface area contributed by atoms with Crippen LogP contribution in [0.15, 0.2) is 36.8 Å². The molecule has 3 aliphatic rings. The Bertz CT molecular complexity index is 1210. The van der Waals surface area contributed by atoms with Crippen LogP contribution in [0.1, 0.15) is 41.7 Å². The van der Waals surface area contributed by atoms with E-state index in [4.69, 9.17) is 4.98 Å². The molecule has 1 unspecified atom stereocenters. The van der Waals surface area contributed by atoms with Gasteiger partial charge in [0.2, 0.25) is 11.8 Å². The molecule has 1 saturated heterocycles. The topological polar surface area (TPSA) is 110 Å². The summed E-state index contributed by atoms with van der Waals surface area (Å²) in [6.45, 7) is 0. The molecule has 2 aliphatic heterocycles. The van der Waals surface area contributed by atoms with Crippen LogP contribution in [0, 0.1) is 0 Å². The summed E-state index contributed by atoms with van der Waals surface area (Å²) in [5.74, 6) is -0.983. The third-order valence-electron chi connectivity index (χ3n) is 6.15. The molecule has 0 spiro atoms. The highest BCUT2D eigenvalue weighted by Gasteiger charge is 2.51. The number of anilines is 1. The van der Waals surface area contributed by atoms with E-state index in [1.54, 1.807) is 18.5 Å². The molecule has 0 bridgehead atoms. The second-order valence-corrected chi connectivity index (χ2v) is 7.74. The fraction of sp³-hybridized carbons (Fsp3) is 0.300. The maximum absolute atomic E-state index is 13.2. The van der Waals surface area contributed by atoms with Crippen molar-refractivity contribution in [1.29, 1.82) is 0 Å². The Hall–Kier alpha value is -3.62. The molecule has 4 heterocycles. The molecular weight excluding hydrogens is 372 g/mol. The molecule has 3 amide bonds. The van der Waals surface area contributed by atoms with Gasteiger partial charge in [-0.15, -0.1) is 5.10 Å². The number of carbonyl (C=O) groups excluding carboxylic acids is 3. The number of carbonyl (C=O) groups is 3. The number of piperidine rings is 1. The van der Waals surface area contributed by atoms with Crippen molar-refractivity contribution in [3.8, 4) is 0 Å². The molecule has 1 atom stereocenters. The molecule has 9 nitrogen and oxygen atoms in total. The van der Waals surface area contributed by atoms with Crippen LogP contribution < -0.4 is 10.2 Å². The first-order valence-electron chi connectivity index (χ1n) is 9.56. The van der Waals surface area contributed by atoms with Crippen LogP contribution in [0.2, 0.25) is 0 Å². The lowest BCUT2D eigenvalue weighted by molar-refractivity contribution is -0.134. The molecule has 1 saturated carbocycles. The molecule has 29 heavy (non-hydrogen) atoms. The molecular formula is C20H16N6O3. The van der Waals surface area contributed by atoms with Crippen LogP contribution in [0.4, 0.5) is 5.69 Å². The van der Waals surface area contributed by atoms with Crippen LogP contribution in [0.5, 0.6) is 0 Å². The van der Waals surface area contributed by atoms with Crippen molar-refractivity contribution in [2.75, 3.05) is 4.90 Å². The maximum Gasteiger partial charge on any atom is 0.259 e. The molecule has 2 fully saturated rings. The highest BCUT2D eigenvalue weighted by Crippen LogP contribution is 2.52. The first-order valence-corrected chi connectivity index (χ1v) is 9.56. The number of pyridine rings is 1. The van der Waals surface area contributed by atoms with Gasteiger partial charge in [-0.2, -0.15) is 0 Å². The largest absolute Gasteiger partial charge is 0.295 e. The number of amides is 3. The van der Waals surface area contributed by atoms with Crippen LogP contribution in [0.3, 0.4) is 0 Å². The zero-order valence-corrected chi connectivity index (χ0v) is 15.3. The molecule has 1 aromatic carbocycles. The fourth-order valence-corrected chi connectivity index (χ4v) is 4.62. The second-order valence-electron chi connectivity index (χ2n) is 7.74. The summed E-state index contributed by atoms with van der Waals surface area (Å²) in [4.78, 5) is 43.4. The monoisotopic (exact) mass is 388 g/mol.